The number of carbonyl (C=O) groups excluding carboxylic acids is 1. The summed E-state index contributed by atoms with van der Waals surface area (Å²) in [6, 6.07) is 0.274. The van der Waals surface area contributed by atoms with Crippen LogP contribution in [0.2, 0.25) is 0 Å². The van der Waals surface area contributed by atoms with Crippen molar-refractivity contribution in [1.29, 1.82) is 0 Å². The zero-order chi connectivity index (χ0) is 18.3. The van der Waals surface area contributed by atoms with Gasteiger partial charge in [0.2, 0.25) is 5.91 Å². The summed E-state index contributed by atoms with van der Waals surface area (Å²) in [5.41, 5.74) is 6.19. The lowest BCUT2D eigenvalue weighted by atomic mass is 10.0. The molecule has 25 heavy (non-hydrogen) atoms. The molecule has 0 bridgehead atoms. The zero-order valence-electron chi connectivity index (χ0n) is 16.1. The predicted molar refractivity (Wildman–Crippen MR) is 97.5 cm³/mol. The van der Waals surface area contributed by atoms with Crippen LogP contribution in [0, 0.1) is 27.7 Å². The van der Waals surface area contributed by atoms with Gasteiger partial charge >= 0.3 is 0 Å². The number of rotatable bonds is 4. The third kappa shape index (κ3) is 3.20. The predicted octanol–water partition coefficient (Wildman–Crippen LogP) is 2.16. The van der Waals surface area contributed by atoms with Crippen LogP contribution in [-0.4, -0.2) is 43.5 Å². The van der Waals surface area contributed by atoms with E-state index in [1.165, 1.54) is 11.3 Å². The maximum atomic E-state index is 12.6. The number of amides is 1. The standard InChI is InChI=1S/C18H28N6O/c1-11-17(13(3)22(5)20-11)15-8-7-9-24(15)10-16(25)19-18-12(2)21-23(6)14(18)4/h15H,7-10H2,1-6H3,(H,19,25)/t15-/m0/s1. The van der Waals surface area contributed by atoms with Crippen LogP contribution in [-0.2, 0) is 18.9 Å². The van der Waals surface area contributed by atoms with Gasteiger partial charge in [-0.15, -0.1) is 0 Å². The Morgan fingerprint density at radius 3 is 2.28 bits per heavy atom. The Morgan fingerprint density at radius 1 is 1.08 bits per heavy atom. The van der Waals surface area contributed by atoms with E-state index in [0.29, 0.717) is 6.54 Å². The minimum Gasteiger partial charge on any atom is -0.322 e. The molecule has 2 aromatic heterocycles. The molecule has 1 amide bonds. The second kappa shape index (κ2) is 6.63. The van der Waals surface area contributed by atoms with Crippen molar-refractivity contribution in [3.05, 3.63) is 28.3 Å². The van der Waals surface area contributed by atoms with Crippen molar-refractivity contribution in [2.45, 2.75) is 46.6 Å². The van der Waals surface area contributed by atoms with Crippen LogP contribution in [0.15, 0.2) is 0 Å². The first-order valence-electron chi connectivity index (χ1n) is 8.83. The average molecular weight is 344 g/mol. The lowest BCUT2D eigenvalue weighted by Crippen LogP contribution is -2.33. The molecule has 0 radical (unpaired) electrons. The molecule has 1 saturated heterocycles. The molecule has 7 heteroatoms. The summed E-state index contributed by atoms with van der Waals surface area (Å²) in [5, 5.41) is 12.0. The Labute approximate surface area is 149 Å². The summed E-state index contributed by atoms with van der Waals surface area (Å²) < 4.78 is 3.73. The molecule has 0 saturated carbocycles. The van der Waals surface area contributed by atoms with Crippen LogP contribution in [0.5, 0.6) is 0 Å². The summed E-state index contributed by atoms with van der Waals surface area (Å²) in [6.07, 6.45) is 2.18. The number of aryl methyl sites for hydroxylation is 4. The first kappa shape index (κ1) is 17.7. The largest absolute Gasteiger partial charge is 0.322 e. The molecule has 7 nitrogen and oxygen atoms in total. The smallest absolute Gasteiger partial charge is 0.238 e. The highest BCUT2D eigenvalue weighted by atomic mass is 16.2. The fourth-order valence-electron chi connectivity index (χ4n) is 3.93. The van der Waals surface area contributed by atoms with Crippen molar-refractivity contribution in [3.8, 4) is 0 Å². The zero-order valence-corrected chi connectivity index (χ0v) is 16.1. The number of hydrogen-bond acceptors (Lipinski definition) is 4. The van der Waals surface area contributed by atoms with Crippen molar-refractivity contribution >= 4 is 11.6 Å². The number of carbonyl (C=O) groups is 1. The molecule has 3 rings (SSSR count). The second-order valence-corrected chi connectivity index (χ2v) is 7.05. The van der Waals surface area contributed by atoms with Gasteiger partial charge < -0.3 is 5.32 Å². The SMILES string of the molecule is Cc1nn(C)c(C)c1NC(=O)CN1CCC[C@H]1c1c(C)nn(C)c1C. The minimum absolute atomic E-state index is 0.0188. The summed E-state index contributed by atoms with van der Waals surface area (Å²) in [6.45, 7) is 9.39. The number of nitrogens with one attached hydrogen (secondary N) is 1. The van der Waals surface area contributed by atoms with E-state index >= 15 is 0 Å². The maximum absolute atomic E-state index is 12.6. The summed E-state index contributed by atoms with van der Waals surface area (Å²) in [4.78, 5) is 14.9. The summed E-state index contributed by atoms with van der Waals surface area (Å²) in [5.74, 6) is 0.0188. The summed E-state index contributed by atoms with van der Waals surface area (Å²) >= 11 is 0. The lowest BCUT2D eigenvalue weighted by Gasteiger charge is -2.24. The van der Waals surface area contributed by atoms with Crippen LogP contribution >= 0.6 is 0 Å². The van der Waals surface area contributed by atoms with Crippen LogP contribution in [0.25, 0.3) is 0 Å². The number of anilines is 1. The first-order valence-corrected chi connectivity index (χ1v) is 8.83. The Morgan fingerprint density at radius 2 is 1.72 bits per heavy atom. The number of likely N-dealkylation sites (tertiary alicyclic amines) is 1. The Bertz CT molecular complexity index is 803. The van der Waals surface area contributed by atoms with E-state index in [-0.39, 0.29) is 11.9 Å². The monoisotopic (exact) mass is 344 g/mol. The van der Waals surface area contributed by atoms with E-state index in [2.05, 4.69) is 34.3 Å². The van der Waals surface area contributed by atoms with E-state index in [1.807, 2.05) is 32.6 Å². The van der Waals surface area contributed by atoms with Crippen LogP contribution in [0.4, 0.5) is 5.69 Å². The van der Waals surface area contributed by atoms with E-state index in [9.17, 15) is 4.79 Å². The molecule has 0 spiro atoms. The van der Waals surface area contributed by atoms with Gasteiger partial charge in [-0.3, -0.25) is 19.1 Å². The molecule has 1 aliphatic rings. The molecular weight excluding hydrogens is 316 g/mol. The molecule has 1 aliphatic heterocycles. The maximum Gasteiger partial charge on any atom is 0.238 e. The molecule has 0 aliphatic carbocycles. The van der Waals surface area contributed by atoms with Crippen LogP contribution in [0.3, 0.4) is 0 Å². The highest BCUT2D eigenvalue weighted by Gasteiger charge is 2.31. The van der Waals surface area contributed by atoms with E-state index in [4.69, 9.17) is 0 Å². The van der Waals surface area contributed by atoms with Crippen molar-refractivity contribution in [2.75, 3.05) is 18.4 Å². The van der Waals surface area contributed by atoms with E-state index < -0.39 is 0 Å². The first-order chi connectivity index (χ1) is 11.8. The van der Waals surface area contributed by atoms with Gasteiger partial charge in [0, 0.05) is 31.4 Å². The Kier molecular flexibility index (Phi) is 4.69. The highest BCUT2D eigenvalue weighted by molar-refractivity contribution is 5.93. The molecular formula is C18H28N6O. The van der Waals surface area contributed by atoms with Gasteiger partial charge in [-0.25, -0.2) is 0 Å². The lowest BCUT2D eigenvalue weighted by molar-refractivity contribution is -0.117. The fourth-order valence-corrected chi connectivity index (χ4v) is 3.93. The number of nitrogens with zero attached hydrogens (tertiary/aromatic N) is 5. The van der Waals surface area contributed by atoms with Gasteiger partial charge in [0.05, 0.1) is 29.3 Å². The van der Waals surface area contributed by atoms with Crippen molar-refractivity contribution in [3.63, 3.8) is 0 Å². The van der Waals surface area contributed by atoms with Crippen molar-refractivity contribution in [1.82, 2.24) is 24.5 Å². The molecule has 3 heterocycles. The van der Waals surface area contributed by atoms with E-state index in [1.54, 1.807) is 4.68 Å². The topological polar surface area (TPSA) is 68.0 Å². The van der Waals surface area contributed by atoms with Gasteiger partial charge in [0.1, 0.15) is 0 Å². The van der Waals surface area contributed by atoms with Gasteiger partial charge in [-0.1, -0.05) is 0 Å². The fraction of sp³-hybridized carbons (Fsp3) is 0.611. The van der Waals surface area contributed by atoms with Crippen molar-refractivity contribution < 1.29 is 4.79 Å². The van der Waals surface area contributed by atoms with Crippen molar-refractivity contribution in [2.24, 2.45) is 14.1 Å². The molecule has 136 valence electrons. The normalized spacial score (nSPS) is 18.1. The molecule has 2 aromatic rings. The molecule has 1 atom stereocenters. The second-order valence-electron chi connectivity index (χ2n) is 7.05. The molecule has 0 unspecified atom stereocenters. The highest BCUT2D eigenvalue weighted by Crippen LogP contribution is 2.35. The van der Waals surface area contributed by atoms with Gasteiger partial charge in [0.15, 0.2) is 0 Å². The third-order valence-corrected chi connectivity index (χ3v) is 5.38. The van der Waals surface area contributed by atoms with E-state index in [0.717, 1.165) is 42.2 Å². The molecule has 1 N–H and O–H groups in total. The van der Waals surface area contributed by atoms with Gasteiger partial charge in [0.25, 0.3) is 0 Å². The minimum atomic E-state index is 0.0188. The van der Waals surface area contributed by atoms with Gasteiger partial charge in [-0.2, -0.15) is 10.2 Å². The van der Waals surface area contributed by atoms with Gasteiger partial charge in [-0.05, 0) is 47.1 Å². The Balaban J connectivity index is 1.74. The number of aromatic nitrogens is 4. The summed E-state index contributed by atoms with van der Waals surface area (Å²) in [7, 11) is 3.87. The van der Waals surface area contributed by atoms with Crippen LogP contribution in [0.1, 0.15) is 47.2 Å². The number of hydrogen-bond donors (Lipinski definition) is 1. The average Bonchev–Trinajstić information content (AvgIpc) is 3.14. The third-order valence-electron chi connectivity index (χ3n) is 5.38. The molecule has 0 aromatic carbocycles. The Hall–Kier alpha value is -2.15. The quantitative estimate of drug-likeness (QED) is 0.923. The van der Waals surface area contributed by atoms with Crippen LogP contribution < -0.4 is 5.32 Å². The molecule has 1 fully saturated rings.